The average molecular weight is 521 g/mol. The zero-order valence-corrected chi connectivity index (χ0v) is 21.8. The van der Waals surface area contributed by atoms with Crippen LogP contribution in [0.3, 0.4) is 0 Å². The average Bonchev–Trinajstić information content (AvgIpc) is 3.31. The number of aliphatic carboxylic acids is 1. The Morgan fingerprint density at radius 2 is 1.72 bits per heavy atom. The summed E-state index contributed by atoms with van der Waals surface area (Å²) in [5, 5.41) is 19.0. The Morgan fingerprint density at radius 1 is 1.03 bits per heavy atom. The minimum atomic E-state index is -3.32. The Kier molecular flexibility index (Phi) is 5.88. The molecule has 5 rings (SSSR count). The zero-order chi connectivity index (χ0) is 25.8. The molecule has 0 unspecified atom stereocenters. The summed E-state index contributed by atoms with van der Waals surface area (Å²) >= 11 is 1.61. The first-order chi connectivity index (χ1) is 17.0. The molecular formula is C26H24N4O4S2. The van der Waals surface area contributed by atoms with Crippen molar-refractivity contribution in [1.82, 2.24) is 14.8 Å². The number of hydrogen-bond donors (Lipinski definition) is 1. The number of hydrogen-bond acceptors (Lipinski definition) is 7. The predicted octanol–water partition coefficient (Wildman–Crippen LogP) is 4.69. The molecule has 3 heterocycles. The van der Waals surface area contributed by atoms with Gasteiger partial charge in [-0.3, -0.25) is 14.4 Å². The third-order valence-electron chi connectivity index (χ3n) is 6.36. The van der Waals surface area contributed by atoms with Crippen molar-refractivity contribution in [2.24, 2.45) is 4.99 Å². The van der Waals surface area contributed by atoms with E-state index < -0.39 is 21.8 Å². The molecule has 0 fully saturated rings. The highest BCUT2D eigenvalue weighted by Gasteiger charge is 2.32. The van der Waals surface area contributed by atoms with Gasteiger partial charge in [0, 0.05) is 22.3 Å². The standard InChI is InChI=1S/C26H24N4O4S2/c1-14-15(2)35-26-23(14)24(27-21(13-22(31)32)25-29-28-16(3)30(25)26)18-10-8-17(9-11-18)19-6-5-7-20(12-19)36(4,33)34/h5-12,21H,13H2,1-4H3,(H,31,32)/t21-/m0/s1. The monoisotopic (exact) mass is 520 g/mol. The molecule has 0 aliphatic carbocycles. The van der Waals surface area contributed by atoms with E-state index in [9.17, 15) is 18.3 Å². The van der Waals surface area contributed by atoms with Crippen LogP contribution in [0.25, 0.3) is 16.1 Å². The van der Waals surface area contributed by atoms with Crippen LogP contribution in [0, 0.1) is 20.8 Å². The van der Waals surface area contributed by atoms with Crippen molar-refractivity contribution in [2.75, 3.05) is 6.26 Å². The molecule has 0 radical (unpaired) electrons. The van der Waals surface area contributed by atoms with Crippen LogP contribution in [0.1, 0.15) is 45.7 Å². The lowest BCUT2D eigenvalue weighted by Crippen LogP contribution is -2.10. The largest absolute Gasteiger partial charge is 0.481 e. The quantitative estimate of drug-likeness (QED) is 0.408. The first kappa shape index (κ1) is 24.1. The van der Waals surface area contributed by atoms with Crippen LogP contribution in [-0.2, 0) is 14.6 Å². The van der Waals surface area contributed by atoms with E-state index >= 15 is 0 Å². The molecule has 184 valence electrons. The molecular weight excluding hydrogens is 496 g/mol. The Balaban J connectivity index is 1.65. The van der Waals surface area contributed by atoms with Gasteiger partial charge in [-0.2, -0.15) is 0 Å². The number of sulfone groups is 1. The van der Waals surface area contributed by atoms with Gasteiger partial charge in [-0.15, -0.1) is 21.5 Å². The summed E-state index contributed by atoms with van der Waals surface area (Å²) in [6, 6.07) is 13.9. The van der Waals surface area contributed by atoms with Crippen molar-refractivity contribution in [3.8, 4) is 16.1 Å². The molecule has 8 nitrogen and oxygen atoms in total. The number of thiophene rings is 1. The minimum Gasteiger partial charge on any atom is -0.481 e. The fourth-order valence-electron chi connectivity index (χ4n) is 4.42. The molecule has 2 aromatic carbocycles. The second kappa shape index (κ2) is 8.79. The van der Waals surface area contributed by atoms with Gasteiger partial charge in [0.1, 0.15) is 16.9 Å². The summed E-state index contributed by atoms with van der Waals surface area (Å²) in [6.07, 6.45) is 0.989. The maximum Gasteiger partial charge on any atom is 0.306 e. The number of carboxylic acid groups (broad SMARTS) is 1. The van der Waals surface area contributed by atoms with E-state index in [1.165, 1.54) is 6.26 Å². The van der Waals surface area contributed by atoms with Crippen LogP contribution in [0.4, 0.5) is 0 Å². The predicted molar refractivity (Wildman–Crippen MR) is 139 cm³/mol. The summed E-state index contributed by atoms with van der Waals surface area (Å²) in [5.41, 5.74) is 5.23. The van der Waals surface area contributed by atoms with Crippen molar-refractivity contribution < 1.29 is 18.3 Å². The Labute approximate surface area is 212 Å². The Hall–Kier alpha value is -3.63. The van der Waals surface area contributed by atoms with E-state index in [0.717, 1.165) is 37.7 Å². The van der Waals surface area contributed by atoms with E-state index in [1.54, 1.807) is 29.5 Å². The van der Waals surface area contributed by atoms with Gasteiger partial charge in [0.05, 0.1) is 17.0 Å². The molecule has 1 aliphatic heterocycles. The number of rotatable bonds is 5. The second-order valence-electron chi connectivity index (χ2n) is 8.87. The molecule has 1 N–H and O–H groups in total. The van der Waals surface area contributed by atoms with Crippen LogP contribution < -0.4 is 0 Å². The number of aryl methyl sites for hydroxylation is 2. The number of carboxylic acids is 1. The van der Waals surface area contributed by atoms with Crippen LogP contribution in [0.15, 0.2) is 58.4 Å². The van der Waals surface area contributed by atoms with Gasteiger partial charge in [-0.25, -0.2) is 8.42 Å². The van der Waals surface area contributed by atoms with Gasteiger partial charge >= 0.3 is 5.97 Å². The molecule has 0 spiro atoms. The van der Waals surface area contributed by atoms with Gasteiger partial charge in [-0.1, -0.05) is 36.4 Å². The molecule has 0 saturated heterocycles. The van der Waals surface area contributed by atoms with E-state index in [2.05, 4.69) is 17.1 Å². The van der Waals surface area contributed by atoms with E-state index in [4.69, 9.17) is 4.99 Å². The highest BCUT2D eigenvalue weighted by molar-refractivity contribution is 7.90. The van der Waals surface area contributed by atoms with Crippen molar-refractivity contribution in [3.05, 3.63) is 81.7 Å². The maximum absolute atomic E-state index is 12.0. The smallest absolute Gasteiger partial charge is 0.306 e. The summed E-state index contributed by atoms with van der Waals surface area (Å²) in [5.74, 6) is 0.233. The summed E-state index contributed by atoms with van der Waals surface area (Å²) in [7, 11) is -3.32. The van der Waals surface area contributed by atoms with Gasteiger partial charge in [-0.05, 0) is 49.6 Å². The molecule has 0 amide bonds. The maximum atomic E-state index is 12.0. The van der Waals surface area contributed by atoms with Crippen LogP contribution in [-0.4, -0.2) is 46.2 Å². The van der Waals surface area contributed by atoms with Crippen molar-refractivity contribution in [1.29, 1.82) is 0 Å². The summed E-state index contributed by atoms with van der Waals surface area (Å²) in [4.78, 5) is 18.1. The molecule has 1 aliphatic rings. The fraction of sp³-hybridized carbons (Fsp3) is 0.231. The van der Waals surface area contributed by atoms with Crippen molar-refractivity contribution >= 4 is 32.9 Å². The zero-order valence-electron chi connectivity index (χ0n) is 20.2. The topological polar surface area (TPSA) is 115 Å². The Bertz CT molecular complexity index is 1650. The van der Waals surface area contributed by atoms with Gasteiger partial charge in [0.15, 0.2) is 15.7 Å². The molecule has 10 heteroatoms. The third-order valence-corrected chi connectivity index (χ3v) is 8.66. The lowest BCUT2D eigenvalue weighted by Gasteiger charge is -2.12. The number of aliphatic imine (C=N–C) groups is 1. The highest BCUT2D eigenvalue weighted by atomic mass is 32.2. The SMILES string of the molecule is Cc1sc2c(c1C)C(c1ccc(-c3cccc(S(C)(=O)=O)c3)cc1)=N[C@@H](CC(=O)O)c1nnc(C)n1-2. The molecule has 1 atom stereocenters. The minimum absolute atomic E-state index is 0.203. The van der Waals surface area contributed by atoms with Crippen molar-refractivity contribution in [2.45, 2.75) is 38.1 Å². The van der Waals surface area contributed by atoms with Crippen LogP contribution in [0.5, 0.6) is 0 Å². The highest BCUT2D eigenvalue weighted by Crippen LogP contribution is 2.39. The van der Waals surface area contributed by atoms with Crippen LogP contribution >= 0.6 is 11.3 Å². The fourth-order valence-corrected chi connectivity index (χ4v) is 6.30. The molecule has 4 aromatic rings. The summed E-state index contributed by atoms with van der Waals surface area (Å²) < 4.78 is 25.9. The van der Waals surface area contributed by atoms with Gasteiger partial charge < -0.3 is 5.11 Å². The first-order valence-electron chi connectivity index (χ1n) is 11.3. The van der Waals surface area contributed by atoms with E-state index in [0.29, 0.717) is 17.4 Å². The molecule has 2 aromatic heterocycles. The lowest BCUT2D eigenvalue weighted by atomic mass is 9.97. The number of fused-ring (bicyclic) bond motifs is 3. The lowest BCUT2D eigenvalue weighted by molar-refractivity contribution is -0.137. The molecule has 0 bridgehead atoms. The van der Waals surface area contributed by atoms with Crippen LogP contribution in [0.2, 0.25) is 0 Å². The van der Waals surface area contributed by atoms with Gasteiger partial charge in [0.2, 0.25) is 0 Å². The first-order valence-corrected chi connectivity index (χ1v) is 14.0. The Morgan fingerprint density at radius 3 is 2.39 bits per heavy atom. The summed E-state index contributed by atoms with van der Waals surface area (Å²) in [6.45, 7) is 5.95. The molecule has 36 heavy (non-hydrogen) atoms. The van der Waals surface area contributed by atoms with E-state index in [1.807, 2.05) is 48.7 Å². The number of aromatic nitrogens is 3. The third kappa shape index (κ3) is 4.16. The normalized spacial score (nSPS) is 15.1. The number of benzene rings is 2. The number of nitrogens with zero attached hydrogens (tertiary/aromatic N) is 4. The second-order valence-corrected chi connectivity index (χ2v) is 12.1. The number of carbonyl (C=O) groups is 1. The van der Waals surface area contributed by atoms with Crippen molar-refractivity contribution in [3.63, 3.8) is 0 Å². The van der Waals surface area contributed by atoms with Gasteiger partial charge in [0.25, 0.3) is 0 Å². The molecule has 0 saturated carbocycles. The van der Waals surface area contributed by atoms with E-state index in [-0.39, 0.29) is 11.3 Å².